The van der Waals surface area contributed by atoms with Crippen molar-refractivity contribution in [2.45, 2.75) is 0 Å². The third-order valence-corrected chi connectivity index (χ3v) is 26.7. The number of hydrogen-bond acceptors (Lipinski definition) is 11. The minimum atomic E-state index is 0.588. The molecule has 0 radical (unpaired) electrons. The average Bonchev–Trinajstić information content (AvgIpc) is 1.42. The van der Waals surface area contributed by atoms with Crippen LogP contribution in [0.2, 0.25) is 0 Å². The summed E-state index contributed by atoms with van der Waals surface area (Å²) in [6, 6.07) is 143. The van der Waals surface area contributed by atoms with Gasteiger partial charge >= 0.3 is 0 Å². The zero-order chi connectivity index (χ0) is 82.9. The molecule has 8 aromatic heterocycles. The van der Waals surface area contributed by atoms with Crippen molar-refractivity contribution in [1.29, 1.82) is 0 Å². The van der Waals surface area contributed by atoms with E-state index in [0.717, 1.165) is 188 Å². The number of aromatic nitrogens is 5. The van der Waals surface area contributed by atoms with Gasteiger partial charge in [-0.05, 0) is 218 Å². The number of rotatable bonds is 12. The van der Waals surface area contributed by atoms with Gasteiger partial charge in [0.25, 0.3) is 0 Å². The molecule has 18 aromatic carbocycles. The fourth-order valence-corrected chi connectivity index (χ4v) is 20.3. The first-order valence-corrected chi connectivity index (χ1v) is 43.7. The van der Waals surface area contributed by atoms with Crippen molar-refractivity contribution in [3.8, 4) is 135 Å². The van der Waals surface area contributed by atoms with Gasteiger partial charge in [-0.25, -0.2) is 24.9 Å². The lowest BCUT2D eigenvalue weighted by Crippen LogP contribution is -2.00. The summed E-state index contributed by atoms with van der Waals surface area (Å²) in [5.41, 5.74) is 27.5. The van der Waals surface area contributed by atoms with Crippen molar-refractivity contribution in [3.05, 3.63) is 406 Å². The molecule has 11 heteroatoms. The SMILES string of the molecule is c1ccc(-c2cc(-c3ccc(-c4ccc5sc6ccccc6c5c4)cc3)nc(-c3cc(-c4ccc5oc6ccccc6c5c4)cc(-c4ccc5oc6ccccc6c5c4)c3)n2)cc1.c1ccc(-c2nc(-c3ccc(-c4ccc5sc6ccccc6c5c4)cc3)nc(-c3cc(-c4ccc5oc6ccccc6c5c4)cc(-c4ccc5oc6ccccc6c5c4)c3)n2)cc1. The van der Waals surface area contributed by atoms with Crippen molar-refractivity contribution < 1.29 is 17.7 Å². The first kappa shape index (κ1) is 72.5. The molecule has 0 amide bonds. The number of para-hydroxylation sites is 4. The number of nitrogens with zero attached hydrogens (tertiary/aromatic N) is 5. The molecular weight excluding hydrogens is 1580 g/mol. The minimum Gasteiger partial charge on any atom is -0.456 e. The molecule has 0 spiro atoms. The van der Waals surface area contributed by atoms with E-state index in [9.17, 15) is 0 Å². The van der Waals surface area contributed by atoms with E-state index >= 15 is 0 Å². The van der Waals surface area contributed by atoms with Crippen LogP contribution in [-0.2, 0) is 0 Å². The zero-order valence-electron chi connectivity index (χ0n) is 67.4. The lowest BCUT2D eigenvalue weighted by Gasteiger charge is -2.13. The lowest BCUT2D eigenvalue weighted by atomic mass is 9.94. The molecule has 0 saturated carbocycles. The van der Waals surface area contributed by atoms with Crippen LogP contribution in [0.4, 0.5) is 0 Å². The molecule has 9 nitrogen and oxygen atoms in total. The van der Waals surface area contributed by atoms with Crippen LogP contribution in [0.3, 0.4) is 0 Å². The maximum atomic E-state index is 6.24. The third kappa shape index (κ3) is 12.9. The van der Waals surface area contributed by atoms with E-state index < -0.39 is 0 Å². The second-order valence-corrected chi connectivity index (χ2v) is 34.3. The standard InChI is InChI=1S/C58H34N2O2S.C57H33N3O2S/c1-2-10-36(11-3-1)50-34-51(37-20-18-35(19-21-37)38-24-27-57-49(33-38)46-14-6-9-17-56(46)63-57)60-58(59-50)43-29-41(39-22-25-54-47(31-39)44-12-4-7-15-52(44)61-54)28-42(30-43)40-23-26-55-48(32-40)45-13-5-8-16-53(45)62-55;1-2-10-35(11-3-1)55-58-56(36-20-18-34(19-21-36)37-24-27-54-48(33-37)45-14-6-9-17-53(45)63-54)60-57(59-55)42-29-40(38-22-25-51-46(31-38)43-12-4-7-15-49(43)61-51)28-41(30-42)39-23-26-52-47(32-39)44-13-5-8-16-50(44)62-52/h1-34H;1-33H. The number of furan rings is 4. The molecule has 0 fully saturated rings. The Bertz CT molecular complexity index is 8090. The molecule has 26 aromatic rings. The molecule has 0 atom stereocenters. The molecule has 0 aliphatic heterocycles. The summed E-state index contributed by atoms with van der Waals surface area (Å²) >= 11 is 3.68. The molecule has 588 valence electrons. The Morgan fingerprint density at radius 2 is 0.373 bits per heavy atom. The van der Waals surface area contributed by atoms with Crippen molar-refractivity contribution in [2.24, 2.45) is 0 Å². The van der Waals surface area contributed by atoms with E-state index in [-0.39, 0.29) is 0 Å². The fourth-order valence-electron chi connectivity index (χ4n) is 18.1. The quantitative estimate of drug-likeness (QED) is 0.118. The highest BCUT2D eigenvalue weighted by Gasteiger charge is 2.22. The van der Waals surface area contributed by atoms with Gasteiger partial charge in [-0.3, -0.25) is 0 Å². The minimum absolute atomic E-state index is 0.588. The summed E-state index contributed by atoms with van der Waals surface area (Å²) in [4.78, 5) is 26.2. The average molecular weight is 1650 g/mol. The predicted octanol–water partition coefficient (Wildman–Crippen LogP) is 32.7. The van der Waals surface area contributed by atoms with Crippen LogP contribution < -0.4 is 0 Å². The van der Waals surface area contributed by atoms with Crippen LogP contribution in [0.1, 0.15) is 0 Å². The Hall–Kier alpha value is -16.3. The van der Waals surface area contributed by atoms with Crippen LogP contribution in [0.25, 0.3) is 263 Å². The van der Waals surface area contributed by atoms with Gasteiger partial charge in [0.1, 0.15) is 44.7 Å². The number of fused-ring (bicyclic) bond motifs is 18. The van der Waals surface area contributed by atoms with Crippen molar-refractivity contribution in [2.75, 3.05) is 0 Å². The summed E-state index contributed by atoms with van der Waals surface area (Å²) in [6.07, 6.45) is 0. The van der Waals surface area contributed by atoms with E-state index in [1.54, 1.807) is 0 Å². The van der Waals surface area contributed by atoms with Crippen LogP contribution in [0.15, 0.2) is 424 Å². The van der Waals surface area contributed by atoms with Crippen LogP contribution in [0, 0.1) is 0 Å². The molecule has 126 heavy (non-hydrogen) atoms. The Kier molecular flexibility index (Phi) is 17.1. The Labute approximate surface area is 729 Å². The summed E-state index contributed by atoms with van der Waals surface area (Å²) in [7, 11) is 0. The first-order valence-electron chi connectivity index (χ1n) is 42.1. The van der Waals surface area contributed by atoms with Crippen molar-refractivity contribution in [1.82, 2.24) is 24.9 Å². The zero-order valence-corrected chi connectivity index (χ0v) is 69.0. The lowest BCUT2D eigenvalue weighted by molar-refractivity contribution is 0.668. The topological polar surface area (TPSA) is 117 Å². The number of hydrogen-bond donors (Lipinski definition) is 0. The van der Waals surface area contributed by atoms with Crippen LogP contribution in [0.5, 0.6) is 0 Å². The molecule has 0 aliphatic carbocycles. The van der Waals surface area contributed by atoms with E-state index in [1.165, 1.54) is 51.5 Å². The summed E-state index contributed by atoms with van der Waals surface area (Å²) in [5, 5.41) is 13.8. The highest BCUT2D eigenvalue weighted by molar-refractivity contribution is 7.26. The predicted molar refractivity (Wildman–Crippen MR) is 522 cm³/mol. The van der Waals surface area contributed by atoms with E-state index in [0.29, 0.717) is 23.3 Å². The molecule has 26 rings (SSSR count). The maximum Gasteiger partial charge on any atom is 0.164 e. The molecule has 0 aliphatic rings. The molecule has 0 N–H and O–H groups in total. The van der Waals surface area contributed by atoms with Crippen LogP contribution in [-0.4, -0.2) is 24.9 Å². The second kappa shape index (κ2) is 29.8. The van der Waals surface area contributed by atoms with Crippen molar-refractivity contribution >= 4 is 151 Å². The highest BCUT2D eigenvalue weighted by atomic mass is 32.1. The van der Waals surface area contributed by atoms with Crippen LogP contribution >= 0.6 is 22.7 Å². The highest BCUT2D eigenvalue weighted by Crippen LogP contribution is 2.45. The van der Waals surface area contributed by atoms with Crippen molar-refractivity contribution in [3.63, 3.8) is 0 Å². The van der Waals surface area contributed by atoms with Gasteiger partial charge in [0, 0.05) is 117 Å². The van der Waals surface area contributed by atoms with E-state index in [4.69, 9.17) is 42.6 Å². The summed E-state index contributed by atoms with van der Waals surface area (Å²) in [6.45, 7) is 0. The normalized spacial score (nSPS) is 11.8. The Morgan fingerprint density at radius 3 is 0.754 bits per heavy atom. The Balaban J connectivity index is 0.000000137. The number of benzene rings is 18. The summed E-state index contributed by atoms with van der Waals surface area (Å²) in [5.74, 6) is 2.46. The molecule has 8 heterocycles. The van der Waals surface area contributed by atoms with Gasteiger partial charge in [-0.1, -0.05) is 255 Å². The molecular formula is C115H67N5O4S2. The van der Waals surface area contributed by atoms with Gasteiger partial charge in [-0.15, -0.1) is 22.7 Å². The molecule has 0 saturated heterocycles. The van der Waals surface area contributed by atoms with E-state index in [1.807, 2.05) is 108 Å². The maximum absolute atomic E-state index is 6.24. The molecule has 0 bridgehead atoms. The van der Waals surface area contributed by atoms with Gasteiger partial charge in [0.15, 0.2) is 23.3 Å². The number of thiophene rings is 2. The molecule has 0 unspecified atom stereocenters. The first-order chi connectivity index (χ1) is 62.3. The van der Waals surface area contributed by atoms with Gasteiger partial charge < -0.3 is 17.7 Å². The van der Waals surface area contributed by atoms with E-state index in [2.05, 4.69) is 322 Å². The Morgan fingerprint density at radius 1 is 0.135 bits per heavy atom. The fraction of sp³-hybridized carbons (Fsp3) is 0. The van der Waals surface area contributed by atoms with Gasteiger partial charge in [0.05, 0.1) is 11.4 Å². The second-order valence-electron chi connectivity index (χ2n) is 32.1. The largest absolute Gasteiger partial charge is 0.456 e. The monoisotopic (exact) mass is 1650 g/mol. The smallest absolute Gasteiger partial charge is 0.164 e. The van der Waals surface area contributed by atoms with Gasteiger partial charge in [-0.2, -0.15) is 0 Å². The summed E-state index contributed by atoms with van der Waals surface area (Å²) < 4.78 is 30.2. The third-order valence-electron chi connectivity index (χ3n) is 24.4. The van der Waals surface area contributed by atoms with Gasteiger partial charge in [0.2, 0.25) is 0 Å².